The Bertz CT molecular complexity index is 416. The molecule has 0 saturated carbocycles. The van der Waals surface area contributed by atoms with Crippen LogP contribution in [-0.2, 0) is 11.3 Å². The highest BCUT2D eigenvalue weighted by molar-refractivity contribution is 5.76. The van der Waals surface area contributed by atoms with Gasteiger partial charge in [0.15, 0.2) is 0 Å². The van der Waals surface area contributed by atoms with Crippen molar-refractivity contribution >= 4 is 11.7 Å². The largest absolute Gasteiger partial charge is 0.382 e. The third-order valence-electron chi connectivity index (χ3n) is 3.54. The number of likely N-dealkylation sites (tertiary alicyclic amines) is 1. The molecule has 0 radical (unpaired) electrons. The topological polar surface area (TPSA) is 76.2 Å². The van der Waals surface area contributed by atoms with E-state index in [4.69, 9.17) is 5.73 Å². The van der Waals surface area contributed by atoms with E-state index in [-0.39, 0.29) is 18.5 Å². The Balaban J connectivity index is 1.81. The lowest BCUT2D eigenvalue weighted by molar-refractivity contribution is -0.122. The lowest BCUT2D eigenvalue weighted by Crippen LogP contribution is -2.48. The summed E-state index contributed by atoms with van der Waals surface area (Å²) in [6.07, 6.45) is 3.73. The number of anilines is 1. The van der Waals surface area contributed by atoms with Gasteiger partial charge < -0.3 is 16.0 Å². The van der Waals surface area contributed by atoms with Gasteiger partial charge >= 0.3 is 0 Å². The number of carbonyl (C=O) groups excluding carboxylic acids is 1. The van der Waals surface area contributed by atoms with Crippen molar-refractivity contribution in [3.8, 4) is 0 Å². The highest BCUT2D eigenvalue weighted by atomic mass is 16.2. The van der Waals surface area contributed by atoms with Crippen LogP contribution in [0.5, 0.6) is 0 Å². The normalized spacial score (nSPS) is 25.0. The van der Waals surface area contributed by atoms with Crippen LogP contribution in [0.2, 0.25) is 0 Å². The van der Waals surface area contributed by atoms with Crippen LogP contribution in [0.4, 0.5) is 5.82 Å². The molecule has 0 bridgehead atoms. The number of nitrogens with two attached hydrogens (primary N) is 1. The zero-order chi connectivity index (χ0) is 13.1. The van der Waals surface area contributed by atoms with Crippen LogP contribution in [-0.4, -0.2) is 46.3 Å². The molecule has 0 aliphatic carbocycles. The van der Waals surface area contributed by atoms with Gasteiger partial charge in [0.2, 0.25) is 5.91 Å². The van der Waals surface area contributed by atoms with Crippen molar-refractivity contribution in [1.82, 2.24) is 20.0 Å². The first-order valence-electron chi connectivity index (χ1n) is 6.33. The zero-order valence-electron chi connectivity index (χ0n) is 11.0. The number of nitrogens with one attached hydrogen (secondary N) is 1. The van der Waals surface area contributed by atoms with Gasteiger partial charge in [0.05, 0.1) is 0 Å². The van der Waals surface area contributed by atoms with E-state index in [0.717, 1.165) is 19.4 Å². The van der Waals surface area contributed by atoms with Crippen molar-refractivity contribution in [2.24, 2.45) is 0 Å². The predicted molar refractivity (Wildman–Crippen MR) is 69.9 cm³/mol. The number of nitrogen functional groups attached to an aromatic ring is 1. The Morgan fingerprint density at radius 1 is 1.67 bits per heavy atom. The van der Waals surface area contributed by atoms with Crippen molar-refractivity contribution in [2.45, 2.75) is 38.4 Å². The van der Waals surface area contributed by atoms with Gasteiger partial charge in [-0.3, -0.25) is 9.48 Å². The summed E-state index contributed by atoms with van der Waals surface area (Å²) in [7, 11) is 2.12. The maximum absolute atomic E-state index is 11.9. The maximum Gasteiger partial charge on any atom is 0.241 e. The van der Waals surface area contributed by atoms with Gasteiger partial charge in [0.25, 0.3) is 0 Å². The molecule has 1 aliphatic heterocycles. The molecule has 0 aromatic carbocycles. The molecule has 2 atom stereocenters. The van der Waals surface area contributed by atoms with Crippen LogP contribution in [0.3, 0.4) is 0 Å². The molecule has 18 heavy (non-hydrogen) atoms. The Morgan fingerprint density at radius 3 is 3.06 bits per heavy atom. The fraction of sp³-hybridized carbons (Fsp3) is 0.667. The van der Waals surface area contributed by atoms with Crippen LogP contribution in [0.25, 0.3) is 0 Å². The van der Waals surface area contributed by atoms with Crippen molar-refractivity contribution in [1.29, 1.82) is 0 Å². The van der Waals surface area contributed by atoms with Crippen LogP contribution < -0.4 is 11.1 Å². The molecule has 1 amide bonds. The smallest absolute Gasteiger partial charge is 0.241 e. The minimum atomic E-state index is -0.000136. The third-order valence-corrected chi connectivity index (χ3v) is 3.54. The number of nitrogens with zero attached hydrogens (tertiary/aromatic N) is 3. The molecule has 1 saturated heterocycles. The van der Waals surface area contributed by atoms with Crippen molar-refractivity contribution < 1.29 is 4.79 Å². The van der Waals surface area contributed by atoms with Gasteiger partial charge in [-0.05, 0) is 32.9 Å². The number of hydrogen-bond donors (Lipinski definition) is 2. The molecule has 1 aromatic heterocycles. The van der Waals surface area contributed by atoms with E-state index >= 15 is 0 Å². The molecule has 1 aliphatic rings. The maximum atomic E-state index is 11.9. The van der Waals surface area contributed by atoms with Crippen LogP contribution in [0.15, 0.2) is 12.3 Å². The quantitative estimate of drug-likeness (QED) is 0.796. The van der Waals surface area contributed by atoms with Crippen molar-refractivity contribution in [3.63, 3.8) is 0 Å². The standard InChI is InChI=1S/C12H21N5O/c1-9-7-10(3-5-16(9)2)14-12(18)8-17-6-4-11(13)15-17/h4,6,9-10H,3,5,7-8H2,1-2H3,(H2,13,15)(H,14,18). The SMILES string of the molecule is CC1CC(NC(=O)Cn2ccc(N)n2)CCN1C. The van der Waals surface area contributed by atoms with E-state index in [1.807, 2.05) is 0 Å². The summed E-state index contributed by atoms with van der Waals surface area (Å²) in [5.74, 6) is 0.440. The number of carbonyl (C=O) groups is 1. The molecule has 100 valence electrons. The Labute approximate surface area is 107 Å². The molecule has 2 rings (SSSR count). The van der Waals surface area contributed by atoms with Gasteiger partial charge in [-0.15, -0.1) is 0 Å². The van der Waals surface area contributed by atoms with E-state index in [1.54, 1.807) is 16.9 Å². The second-order valence-electron chi connectivity index (χ2n) is 5.06. The number of hydrogen-bond acceptors (Lipinski definition) is 4. The van der Waals surface area contributed by atoms with Crippen LogP contribution in [0.1, 0.15) is 19.8 Å². The molecule has 3 N–H and O–H groups in total. The summed E-state index contributed by atoms with van der Waals surface area (Å²) in [5.41, 5.74) is 5.50. The molecule has 1 aromatic rings. The minimum absolute atomic E-state index is 0.000136. The molecule has 6 nitrogen and oxygen atoms in total. The third kappa shape index (κ3) is 3.22. The Kier molecular flexibility index (Phi) is 3.86. The van der Waals surface area contributed by atoms with E-state index in [0.29, 0.717) is 11.9 Å². The summed E-state index contributed by atoms with van der Waals surface area (Å²) >= 11 is 0. The minimum Gasteiger partial charge on any atom is -0.382 e. The summed E-state index contributed by atoms with van der Waals surface area (Å²) in [6.45, 7) is 3.45. The second-order valence-corrected chi connectivity index (χ2v) is 5.06. The van der Waals surface area contributed by atoms with Crippen molar-refractivity contribution in [2.75, 3.05) is 19.3 Å². The molecule has 2 unspecified atom stereocenters. The number of amides is 1. The highest BCUT2D eigenvalue weighted by Crippen LogP contribution is 2.15. The van der Waals surface area contributed by atoms with E-state index in [2.05, 4.69) is 29.3 Å². The second kappa shape index (κ2) is 5.39. The zero-order valence-corrected chi connectivity index (χ0v) is 11.0. The molecular weight excluding hydrogens is 230 g/mol. The molecule has 6 heteroatoms. The molecule has 1 fully saturated rings. The average Bonchev–Trinajstić information content (AvgIpc) is 2.69. The van der Waals surface area contributed by atoms with E-state index < -0.39 is 0 Å². The predicted octanol–water partition coefficient (Wildman–Crippen LogP) is 0.0642. The van der Waals surface area contributed by atoms with Crippen LogP contribution in [0, 0.1) is 0 Å². The Morgan fingerprint density at radius 2 is 2.44 bits per heavy atom. The van der Waals surface area contributed by atoms with Gasteiger partial charge in [-0.1, -0.05) is 0 Å². The monoisotopic (exact) mass is 251 g/mol. The number of rotatable bonds is 3. The Hall–Kier alpha value is -1.56. The first kappa shape index (κ1) is 12.9. The molecule has 0 spiro atoms. The van der Waals surface area contributed by atoms with Gasteiger partial charge in [-0.2, -0.15) is 5.10 Å². The van der Waals surface area contributed by atoms with E-state index in [9.17, 15) is 4.79 Å². The summed E-state index contributed by atoms with van der Waals surface area (Å²) in [6, 6.07) is 2.48. The summed E-state index contributed by atoms with van der Waals surface area (Å²) < 4.78 is 1.56. The summed E-state index contributed by atoms with van der Waals surface area (Å²) in [5, 5.41) is 7.06. The lowest BCUT2D eigenvalue weighted by Gasteiger charge is -2.35. The number of piperidine rings is 1. The molecular formula is C12H21N5O. The van der Waals surface area contributed by atoms with Crippen LogP contribution >= 0.6 is 0 Å². The first-order chi connectivity index (χ1) is 8.54. The summed E-state index contributed by atoms with van der Waals surface area (Å²) in [4.78, 5) is 14.2. The van der Waals surface area contributed by atoms with E-state index in [1.165, 1.54) is 0 Å². The van der Waals surface area contributed by atoms with Crippen molar-refractivity contribution in [3.05, 3.63) is 12.3 Å². The fourth-order valence-corrected chi connectivity index (χ4v) is 2.31. The number of aromatic nitrogens is 2. The lowest BCUT2D eigenvalue weighted by atomic mass is 9.99. The van der Waals surface area contributed by atoms with Gasteiger partial charge in [-0.25, -0.2) is 0 Å². The van der Waals surface area contributed by atoms with Gasteiger partial charge in [0, 0.05) is 24.8 Å². The average molecular weight is 251 g/mol. The molecule has 2 heterocycles. The van der Waals surface area contributed by atoms with Gasteiger partial charge in [0.1, 0.15) is 12.4 Å². The first-order valence-corrected chi connectivity index (χ1v) is 6.33. The highest BCUT2D eigenvalue weighted by Gasteiger charge is 2.23. The fourth-order valence-electron chi connectivity index (χ4n) is 2.31.